The molecule has 1 N–H and O–H groups in total. The van der Waals surface area contributed by atoms with Crippen LogP contribution in [0.15, 0.2) is 12.1 Å². The number of hydrogen-bond donors (Lipinski definition) is 1. The molecule has 4 nitrogen and oxygen atoms in total. The van der Waals surface area contributed by atoms with Crippen LogP contribution in [0.2, 0.25) is 5.15 Å². The first-order valence-electron chi connectivity index (χ1n) is 6.68. The summed E-state index contributed by atoms with van der Waals surface area (Å²) < 4.78 is 0. The van der Waals surface area contributed by atoms with E-state index in [4.69, 9.17) is 16.9 Å². The van der Waals surface area contributed by atoms with Crippen molar-refractivity contribution in [1.82, 2.24) is 10.3 Å². The van der Waals surface area contributed by atoms with Crippen LogP contribution in [0.3, 0.4) is 0 Å². The van der Waals surface area contributed by atoms with Gasteiger partial charge >= 0.3 is 0 Å². The van der Waals surface area contributed by atoms with E-state index in [2.05, 4.69) is 16.4 Å². The van der Waals surface area contributed by atoms with Gasteiger partial charge in [0.1, 0.15) is 10.7 Å². The predicted octanol–water partition coefficient (Wildman–Crippen LogP) is 3.21. The average molecular weight is 292 g/mol. The monoisotopic (exact) mass is 291 g/mol. The summed E-state index contributed by atoms with van der Waals surface area (Å²) in [5.74, 6) is -0.263. The van der Waals surface area contributed by atoms with Crippen molar-refractivity contribution in [2.24, 2.45) is 0 Å². The molecule has 1 aliphatic rings. The molecule has 0 atom stereocenters. The fourth-order valence-corrected chi connectivity index (χ4v) is 2.31. The smallest absolute Gasteiger partial charge is 0.252 e. The van der Waals surface area contributed by atoms with Crippen molar-refractivity contribution in [2.45, 2.75) is 51.0 Å². The van der Waals surface area contributed by atoms with E-state index in [0.717, 1.165) is 12.1 Å². The van der Waals surface area contributed by atoms with Crippen molar-refractivity contribution in [2.75, 3.05) is 0 Å². The second-order valence-electron chi connectivity index (χ2n) is 6.32. The van der Waals surface area contributed by atoms with Gasteiger partial charge in [0.2, 0.25) is 0 Å². The van der Waals surface area contributed by atoms with Crippen molar-refractivity contribution < 1.29 is 4.79 Å². The van der Waals surface area contributed by atoms with Gasteiger partial charge in [-0.2, -0.15) is 5.26 Å². The molecule has 1 aromatic rings. The van der Waals surface area contributed by atoms with Crippen molar-refractivity contribution >= 4 is 17.5 Å². The number of aromatic nitrogens is 1. The predicted molar refractivity (Wildman–Crippen MR) is 77.6 cm³/mol. The summed E-state index contributed by atoms with van der Waals surface area (Å²) in [4.78, 5) is 16.6. The van der Waals surface area contributed by atoms with Crippen LogP contribution in [-0.4, -0.2) is 16.4 Å². The number of amides is 1. The van der Waals surface area contributed by atoms with Crippen LogP contribution in [-0.2, 0) is 5.41 Å². The number of carbonyl (C=O) groups is 1. The number of halogens is 1. The first-order valence-corrected chi connectivity index (χ1v) is 7.05. The Kier molecular flexibility index (Phi) is 3.75. The zero-order valence-electron chi connectivity index (χ0n) is 12.0. The van der Waals surface area contributed by atoms with Crippen LogP contribution < -0.4 is 5.32 Å². The first-order chi connectivity index (χ1) is 9.26. The summed E-state index contributed by atoms with van der Waals surface area (Å²) in [5, 5.41) is 12.3. The Labute approximate surface area is 124 Å². The van der Waals surface area contributed by atoms with E-state index in [9.17, 15) is 4.79 Å². The maximum absolute atomic E-state index is 12.3. The molecule has 0 radical (unpaired) electrons. The average Bonchev–Trinajstić information content (AvgIpc) is 2.31. The highest BCUT2D eigenvalue weighted by Crippen LogP contribution is 2.31. The Morgan fingerprint density at radius 2 is 2.10 bits per heavy atom. The summed E-state index contributed by atoms with van der Waals surface area (Å²) in [6.07, 6.45) is 2.39. The number of rotatable bonds is 2. The molecular formula is C15H18ClN3O. The number of carbonyl (C=O) groups excluding carboxylic acids is 1. The van der Waals surface area contributed by atoms with Crippen LogP contribution in [0.25, 0.3) is 0 Å². The van der Waals surface area contributed by atoms with Gasteiger partial charge in [0.25, 0.3) is 5.91 Å². The van der Waals surface area contributed by atoms with Gasteiger partial charge in [-0.15, -0.1) is 0 Å². The fraction of sp³-hybridized carbons (Fsp3) is 0.533. The SMILES string of the molecule is CC(C)(C)c1cc(C(=O)NC2(C#N)CCC2)cc(Cl)n1. The third-order valence-electron chi connectivity index (χ3n) is 3.60. The van der Waals surface area contributed by atoms with Gasteiger partial charge in [-0.3, -0.25) is 4.79 Å². The van der Waals surface area contributed by atoms with E-state index in [1.807, 2.05) is 20.8 Å². The lowest BCUT2D eigenvalue weighted by molar-refractivity contribution is 0.0881. The quantitative estimate of drug-likeness (QED) is 0.851. The van der Waals surface area contributed by atoms with E-state index in [0.29, 0.717) is 23.6 Å². The molecule has 20 heavy (non-hydrogen) atoms. The minimum Gasteiger partial charge on any atom is -0.334 e. The highest BCUT2D eigenvalue weighted by molar-refractivity contribution is 6.29. The molecule has 0 aromatic carbocycles. The van der Waals surface area contributed by atoms with Crippen LogP contribution in [0, 0.1) is 11.3 Å². The Morgan fingerprint density at radius 1 is 1.45 bits per heavy atom. The number of nitriles is 1. The van der Waals surface area contributed by atoms with Gasteiger partial charge in [0.15, 0.2) is 0 Å². The third-order valence-corrected chi connectivity index (χ3v) is 3.79. The van der Waals surface area contributed by atoms with Crippen molar-refractivity contribution in [3.63, 3.8) is 0 Å². The number of nitrogens with zero attached hydrogens (tertiary/aromatic N) is 2. The molecule has 1 fully saturated rings. The Morgan fingerprint density at radius 3 is 2.55 bits per heavy atom. The third kappa shape index (κ3) is 2.94. The maximum Gasteiger partial charge on any atom is 0.252 e. The second-order valence-corrected chi connectivity index (χ2v) is 6.70. The molecule has 0 spiro atoms. The zero-order chi connectivity index (χ0) is 15.0. The molecule has 0 unspecified atom stereocenters. The van der Waals surface area contributed by atoms with Crippen LogP contribution in [0.4, 0.5) is 0 Å². The van der Waals surface area contributed by atoms with Crippen LogP contribution in [0.5, 0.6) is 0 Å². The Bertz CT molecular complexity index is 580. The van der Waals surface area contributed by atoms with E-state index in [-0.39, 0.29) is 11.3 Å². The lowest BCUT2D eigenvalue weighted by Crippen LogP contribution is -2.52. The van der Waals surface area contributed by atoms with E-state index in [1.165, 1.54) is 6.07 Å². The van der Waals surface area contributed by atoms with Gasteiger partial charge in [-0.05, 0) is 31.4 Å². The lowest BCUT2D eigenvalue weighted by atomic mass is 9.78. The van der Waals surface area contributed by atoms with Crippen LogP contribution >= 0.6 is 11.6 Å². The van der Waals surface area contributed by atoms with Gasteiger partial charge in [-0.1, -0.05) is 32.4 Å². The first kappa shape index (κ1) is 14.8. The summed E-state index contributed by atoms with van der Waals surface area (Å²) in [5.41, 5.74) is 0.323. The van der Waals surface area contributed by atoms with E-state index >= 15 is 0 Å². The Hall–Kier alpha value is -1.60. The number of nitrogens with one attached hydrogen (secondary N) is 1. The lowest BCUT2D eigenvalue weighted by Gasteiger charge is -2.35. The van der Waals surface area contributed by atoms with Crippen molar-refractivity contribution in [1.29, 1.82) is 5.26 Å². The molecule has 1 aliphatic carbocycles. The Balaban J connectivity index is 2.27. The summed E-state index contributed by atoms with van der Waals surface area (Å²) in [7, 11) is 0. The minimum atomic E-state index is -0.700. The molecule has 106 valence electrons. The summed E-state index contributed by atoms with van der Waals surface area (Å²) in [6, 6.07) is 5.47. The fourth-order valence-electron chi connectivity index (χ4n) is 2.10. The van der Waals surface area contributed by atoms with Gasteiger partial charge in [-0.25, -0.2) is 4.98 Å². The molecular weight excluding hydrogens is 274 g/mol. The summed E-state index contributed by atoms with van der Waals surface area (Å²) in [6.45, 7) is 6.03. The molecule has 5 heteroatoms. The highest BCUT2D eigenvalue weighted by Gasteiger charge is 2.38. The molecule has 1 heterocycles. The molecule has 0 saturated heterocycles. The van der Waals surface area contributed by atoms with Crippen LogP contribution in [0.1, 0.15) is 56.1 Å². The second kappa shape index (κ2) is 5.06. The largest absolute Gasteiger partial charge is 0.334 e. The van der Waals surface area contributed by atoms with Crippen molar-refractivity contribution in [3.8, 4) is 6.07 Å². The molecule has 2 rings (SSSR count). The number of hydrogen-bond acceptors (Lipinski definition) is 3. The molecule has 1 amide bonds. The van der Waals surface area contributed by atoms with Gasteiger partial charge in [0, 0.05) is 16.7 Å². The van der Waals surface area contributed by atoms with Crippen molar-refractivity contribution in [3.05, 3.63) is 28.5 Å². The topological polar surface area (TPSA) is 65.8 Å². The van der Waals surface area contributed by atoms with E-state index in [1.54, 1.807) is 6.07 Å². The maximum atomic E-state index is 12.3. The molecule has 0 bridgehead atoms. The summed E-state index contributed by atoms with van der Waals surface area (Å²) >= 11 is 6.00. The van der Waals surface area contributed by atoms with Gasteiger partial charge < -0.3 is 5.32 Å². The molecule has 0 aliphatic heterocycles. The highest BCUT2D eigenvalue weighted by atomic mass is 35.5. The van der Waals surface area contributed by atoms with Gasteiger partial charge in [0.05, 0.1) is 6.07 Å². The van der Waals surface area contributed by atoms with E-state index < -0.39 is 5.54 Å². The zero-order valence-corrected chi connectivity index (χ0v) is 12.7. The normalized spacial score (nSPS) is 16.9. The standard InChI is InChI=1S/C15H18ClN3O/c1-14(2,3)11-7-10(8-12(16)18-11)13(20)19-15(9-17)5-4-6-15/h7-8H,4-6H2,1-3H3,(H,19,20). The molecule has 1 saturated carbocycles. The molecule has 1 aromatic heterocycles. The minimum absolute atomic E-state index is 0.191. The number of pyridine rings is 1.